The van der Waals surface area contributed by atoms with Crippen molar-refractivity contribution in [1.82, 2.24) is 25.0 Å². The molecule has 3 aromatic heterocycles. The summed E-state index contributed by atoms with van der Waals surface area (Å²) in [6.45, 7) is 14.2. The number of ether oxygens (including phenoxy) is 1. The molecule has 8 heteroatoms. The fourth-order valence-electron chi connectivity index (χ4n) is 4.28. The summed E-state index contributed by atoms with van der Waals surface area (Å²) in [7, 11) is 0. The van der Waals surface area contributed by atoms with Crippen LogP contribution < -0.4 is 5.32 Å². The maximum Gasteiger partial charge on any atom is 0.262 e. The van der Waals surface area contributed by atoms with Crippen molar-refractivity contribution in [2.45, 2.75) is 59.9 Å². The van der Waals surface area contributed by atoms with Crippen molar-refractivity contribution in [3.05, 3.63) is 45.7 Å². The number of aryl methyl sites for hydroxylation is 2. The third kappa shape index (κ3) is 4.37. The maximum atomic E-state index is 13.0. The Kier molecular flexibility index (Phi) is 6.41. The molecule has 1 atom stereocenters. The van der Waals surface area contributed by atoms with Gasteiger partial charge in [-0.3, -0.25) is 14.4 Å². The molecule has 0 aliphatic carbocycles. The molecule has 1 amide bonds. The highest BCUT2D eigenvalue weighted by Crippen LogP contribution is 2.37. The Morgan fingerprint density at radius 3 is 2.90 bits per heavy atom. The van der Waals surface area contributed by atoms with Crippen LogP contribution in [0.4, 0.5) is 0 Å². The number of amides is 1. The monoisotopic (exact) mass is 441 g/mol. The first-order valence-corrected chi connectivity index (χ1v) is 11.8. The second-order valence-corrected chi connectivity index (χ2v) is 9.39. The van der Waals surface area contributed by atoms with Gasteiger partial charge in [0.25, 0.3) is 5.91 Å². The van der Waals surface area contributed by atoms with Crippen molar-refractivity contribution in [2.75, 3.05) is 19.7 Å². The van der Waals surface area contributed by atoms with Crippen LogP contribution in [0.1, 0.15) is 59.1 Å². The molecule has 0 unspecified atom stereocenters. The van der Waals surface area contributed by atoms with Gasteiger partial charge in [-0.1, -0.05) is 6.07 Å². The Morgan fingerprint density at radius 2 is 2.19 bits per heavy atom. The van der Waals surface area contributed by atoms with Crippen LogP contribution in [-0.2, 0) is 17.8 Å². The third-order valence-corrected chi connectivity index (χ3v) is 6.94. The van der Waals surface area contributed by atoms with Gasteiger partial charge in [0.15, 0.2) is 0 Å². The second-order valence-electron chi connectivity index (χ2n) is 8.39. The van der Waals surface area contributed by atoms with Crippen molar-refractivity contribution in [2.24, 2.45) is 0 Å². The lowest BCUT2D eigenvalue weighted by molar-refractivity contribution is -0.0324. The summed E-state index contributed by atoms with van der Waals surface area (Å²) in [5, 5.41) is 8.72. The Bertz CT molecular complexity index is 1090. The Balaban J connectivity index is 1.64. The van der Waals surface area contributed by atoms with Gasteiger partial charge in [0.1, 0.15) is 9.71 Å². The van der Waals surface area contributed by atoms with Crippen molar-refractivity contribution in [3.63, 3.8) is 0 Å². The topological polar surface area (TPSA) is 72.3 Å². The number of hydrogen-bond acceptors (Lipinski definition) is 6. The van der Waals surface area contributed by atoms with Gasteiger partial charge in [0, 0.05) is 60.6 Å². The minimum atomic E-state index is -0.165. The Morgan fingerprint density at radius 1 is 1.39 bits per heavy atom. The van der Waals surface area contributed by atoms with Gasteiger partial charge in [0.2, 0.25) is 0 Å². The Hall–Kier alpha value is -2.29. The normalized spacial score (nSPS) is 17.5. The van der Waals surface area contributed by atoms with Gasteiger partial charge in [-0.15, -0.1) is 11.3 Å². The molecule has 0 aromatic carbocycles. The first-order valence-electron chi connectivity index (χ1n) is 10.9. The van der Waals surface area contributed by atoms with E-state index < -0.39 is 0 Å². The van der Waals surface area contributed by atoms with E-state index in [1.54, 1.807) is 6.20 Å². The highest BCUT2D eigenvalue weighted by molar-refractivity contribution is 7.20. The molecular formula is C23H31N5O2S. The summed E-state index contributed by atoms with van der Waals surface area (Å²) in [6.07, 6.45) is 1.61. The van der Waals surface area contributed by atoms with E-state index in [1.807, 2.05) is 26.0 Å². The minimum Gasteiger partial charge on any atom is -0.371 e. The van der Waals surface area contributed by atoms with E-state index >= 15 is 0 Å². The van der Waals surface area contributed by atoms with Crippen molar-refractivity contribution < 1.29 is 9.53 Å². The molecule has 1 aliphatic rings. The summed E-state index contributed by atoms with van der Waals surface area (Å²) < 4.78 is 8.28. The number of fused-ring (bicyclic) bond motifs is 1. The zero-order valence-electron chi connectivity index (χ0n) is 18.9. The summed E-state index contributed by atoms with van der Waals surface area (Å²) in [5.74, 6) is -0.0513. The zero-order valence-corrected chi connectivity index (χ0v) is 19.8. The molecule has 1 N–H and O–H groups in total. The lowest BCUT2D eigenvalue weighted by atomic mass is 10.0. The highest BCUT2D eigenvalue weighted by Gasteiger charge is 2.31. The molecule has 31 heavy (non-hydrogen) atoms. The second kappa shape index (κ2) is 9.06. The van der Waals surface area contributed by atoms with Crippen LogP contribution in [0.3, 0.4) is 0 Å². The average molecular weight is 442 g/mol. The van der Waals surface area contributed by atoms with E-state index in [4.69, 9.17) is 4.74 Å². The minimum absolute atomic E-state index is 0.0513. The van der Waals surface area contributed by atoms with Crippen LogP contribution in [0.2, 0.25) is 0 Å². The molecule has 0 bridgehead atoms. The van der Waals surface area contributed by atoms with Crippen molar-refractivity contribution >= 4 is 27.5 Å². The van der Waals surface area contributed by atoms with Crippen LogP contribution in [0.15, 0.2) is 18.3 Å². The molecule has 7 nitrogen and oxygen atoms in total. The standard InChI is InChI=1S/C23H31N5O2S/c1-6-28-16(5)18(15(4)26-28)12-27-10-11-30-19(13-27)20-17-8-7-9-24-23(17)31-21(20)22(29)25-14(2)3/h7-9,14,19H,6,10-13H2,1-5H3,(H,25,29)/t19-/m0/s1. The molecule has 1 saturated heterocycles. The predicted molar refractivity (Wildman–Crippen MR) is 124 cm³/mol. The van der Waals surface area contributed by atoms with Gasteiger partial charge >= 0.3 is 0 Å². The number of aromatic nitrogens is 3. The average Bonchev–Trinajstić information content (AvgIpc) is 3.26. The van der Waals surface area contributed by atoms with Crippen LogP contribution in [0.25, 0.3) is 10.2 Å². The first kappa shape index (κ1) is 21.9. The fourth-order valence-corrected chi connectivity index (χ4v) is 5.38. The number of hydrogen-bond donors (Lipinski definition) is 1. The lowest BCUT2D eigenvalue weighted by Crippen LogP contribution is -2.39. The SMILES string of the molecule is CCn1nc(C)c(CN2CCO[C@H](c3c(C(=O)NC(C)C)sc4ncccc34)C2)c1C. The molecule has 0 spiro atoms. The van der Waals surface area contributed by atoms with E-state index in [0.29, 0.717) is 11.5 Å². The van der Waals surface area contributed by atoms with Gasteiger partial charge in [-0.2, -0.15) is 5.10 Å². The third-order valence-electron chi connectivity index (χ3n) is 5.82. The fraction of sp³-hybridized carbons (Fsp3) is 0.522. The number of nitrogens with one attached hydrogen (secondary N) is 1. The summed E-state index contributed by atoms with van der Waals surface area (Å²) in [5.41, 5.74) is 4.57. The summed E-state index contributed by atoms with van der Waals surface area (Å²) >= 11 is 1.45. The molecule has 1 aliphatic heterocycles. The van der Waals surface area contributed by atoms with E-state index in [9.17, 15) is 4.79 Å². The number of rotatable bonds is 6. The van der Waals surface area contributed by atoms with Gasteiger partial charge in [0.05, 0.1) is 18.4 Å². The summed E-state index contributed by atoms with van der Waals surface area (Å²) in [6, 6.07) is 4.04. The number of carbonyl (C=O) groups is 1. The molecule has 166 valence electrons. The van der Waals surface area contributed by atoms with Crippen LogP contribution >= 0.6 is 11.3 Å². The van der Waals surface area contributed by atoms with E-state index in [-0.39, 0.29) is 18.1 Å². The predicted octanol–water partition coefficient (Wildman–Crippen LogP) is 3.84. The van der Waals surface area contributed by atoms with Crippen molar-refractivity contribution in [1.29, 1.82) is 0 Å². The number of pyridine rings is 1. The quantitative estimate of drug-likeness (QED) is 0.629. The van der Waals surface area contributed by atoms with Crippen LogP contribution in [-0.4, -0.2) is 51.3 Å². The molecule has 3 aromatic rings. The molecule has 1 fully saturated rings. The van der Waals surface area contributed by atoms with Gasteiger partial charge in [-0.05, 0) is 40.7 Å². The first-order chi connectivity index (χ1) is 14.9. The Labute approximate surface area is 187 Å². The molecule has 0 radical (unpaired) electrons. The van der Waals surface area contributed by atoms with E-state index in [0.717, 1.165) is 47.7 Å². The number of thiophene rings is 1. The number of carbonyl (C=O) groups excluding carboxylic acids is 1. The zero-order chi connectivity index (χ0) is 22.1. The largest absolute Gasteiger partial charge is 0.371 e. The van der Waals surface area contributed by atoms with Crippen LogP contribution in [0, 0.1) is 13.8 Å². The smallest absolute Gasteiger partial charge is 0.262 e. The summed E-state index contributed by atoms with van der Waals surface area (Å²) in [4.78, 5) is 21.5. The van der Waals surface area contributed by atoms with Gasteiger partial charge < -0.3 is 10.1 Å². The molecule has 4 heterocycles. The molecule has 0 saturated carbocycles. The maximum absolute atomic E-state index is 13.0. The van der Waals surface area contributed by atoms with Gasteiger partial charge in [-0.25, -0.2) is 4.98 Å². The van der Waals surface area contributed by atoms with Crippen molar-refractivity contribution in [3.8, 4) is 0 Å². The van der Waals surface area contributed by atoms with E-state index in [2.05, 4.69) is 45.8 Å². The molecule has 4 rings (SSSR count). The molecular weight excluding hydrogens is 410 g/mol. The highest BCUT2D eigenvalue weighted by atomic mass is 32.1. The van der Waals surface area contributed by atoms with Crippen LogP contribution in [0.5, 0.6) is 0 Å². The lowest BCUT2D eigenvalue weighted by Gasteiger charge is -2.33. The number of morpholine rings is 1. The van der Waals surface area contributed by atoms with E-state index in [1.165, 1.54) is 22.6 Å². The number of nitrogens with zero attached hydrogens (tertiary/aromatic N) is 4.